The number of aromatic nitrogens is 2. The molecule has 1 heterocycles. The van der Waals surface area contributed by atoms with Crippen LogP contribution in [0.5, 0.6) is 0 Å². The molecule has 20 heavy (non-hydrogen) atoms. The predicted octanol–water partition coefficient (Wildman–Crippen LogP) is 1.72. The van der Waals surface area contributed by atoms with Crippen molar-refractivity contribution in [2.24, 2.45) is 0 Å². The summed E-state index contributed by atoms with van der Waals surface area (Å²) in [6.45, 7) is 2.22. The standard InChI is InChI=1S/C14H16N2O3S/c1-11-3-5-12(6-4-11)14-13(10-17)9-16(15-14)7-8-20(2,18)19/h3-6,9-10H,7-8H2,1-2H3. The van der Waals surface area contributed by atoms with Crippen molar-refractivity contribution in [3.63, 3.8) is 0 Å². The van der Waals surface area contributed by atoms with Gasteiger partial charge in [-0.3, -0.25) is 9.48 Å². The van der Waals surface area contributed by atoms with Crippen LogP contribution in [-0.2, 0) is 16.4 Å². The Morgan fingerprint density at radius 3 is 2.45 bits per heavy atom. The molecule has 106 valence electrons. The first-order valence-electron chi connectivity index (χ1n) is 6.16. The number of nitrogens with zero attached hydrogens (tertiary/aromatic N) is 2. The fourth-order valence-corrected chi connectivity index (χ4v) is 2.35. The largest absolute Gasteiger partial charge is 0.298 e. The third-order valence-corrected chi connectivity index (χ3v) is 3.86. The Morgan fingerprint density at radius 2 is 1.90 bits per heavy atom. The Balaban J connectivity index is 2.31. The quantitative estimate of drug-likeness (QED) is 0.787. The molecule has 0 N–H and O–H groups in total. The molecule has 0 amide bonds. The highest BCUT2D eigenvalue weighted by Crippen LogP contribution is 2.21. The number of carbonyl (C=O) groups is 1. The molecule has 0 atom stereocenters. The molecule has 0 saturated carbocycles. The average molecular weight is 292 g/mol. The average Bonchev–Trinajstić information content (AvgIpc) is 2.80. The Kier molecular flexibility index (Phi) is 4.04. The van der Waals surface area contributed by atoms with Gasteiger partial charge < -0.3 is 0 Å². The molecule has 0 bridgehead atoms. The Labute approximate surface area is 118 Å². The van der Waals surface area contributed by atoms with Crippen LogP contribution in [0.3, 0.4) is 0 Å². The number of aldehydes is 1. The van der Waals surface area contributed by atoms with Gasteiger partial charge in [0.25, 0.3) is 0 Å². The van der Waals surface area contributed by atoms with E-state index in [1.807, 2.05) is 31.2 Å². The number of aryl methyl sites for hydroxylation is 2. The number of hydrogen-bond acceptors (Lipinski definition) is 4. The summed E-state index contributed by atoms with van der Waals surface area (Å²) in [5.41, 5.74) is 3.00. The van der Waals surface area contributed by atoms with Crippen molar-refractivity contribution in [2.45, 2.75) is 13.5 Å². The third kappa shape index (κ3) is 3.54. The molecule has 0 fully saturated rings. The van der Waals surface area contributed by atoms with Crippen LogP contribution in [0.15, 0.2) is 30.5 Å². The molecular formula is C14H16N2O3S. The summed E-state index contributed by atoms with van der Waals surface area (Å²) >= 11 is 0. The van der Waals surface area contributed by atoms with Gasteiger partial charge in [0, 0.05) is 18.0 Å². The van der Waals surface area contributed by atoms with Gasteiger partial charge in [-0.25, -0.2) is 8.42 Å². The zero-order chi connectivity index (χ0) is 14.8. The van der Waals surface area contributed by atoms with Crippen molar-refractivity contribution in [2.75, 3.05) is 12.0 Å². The molecule has 1 aromatic carbocycles. The molecule has 0 aliphatic rings. The van der Waals surface area contributed by atoms with Gasteiger partial charge in [0.05, 0.1) is 17.9 Å². The van der Waals surface area contributed by atoms with Crippen LogP contribution >= 0.6 is 0 Å². The van der Waals surface area contributed by atoms with E-state index in [-0.39, 0.29) is 12.3 Å². The van der Waals surface area contributed by atoms with Gasteiger partial charge in [0.1, 0.15) is 15.5 Å². The smallest absolute Gasteiger partial charge is 0.153 e. The molecule has 0 aliphatic carbocycles. The van der Waals surface area contributed by atoms with E-state index in [1.165, 1.54) is 10.9 Å². The maximum absolute atomic E-state index is 11.2. The summed E-state index contributed by atoms with van der Waals surface area (Å²) in [7, 11) is -3.05. The zero-order valence-corrected chi connectivity index (χ0v) is 12.2. The van der Waals surface area contributed by atoms with Crippen molar-refractivity contribution in [1.29, 1.82) is 0 Å². The molecule has 0 saturated heterocycles. The van der Waals surface area contributed by atoms with E-state index in [2.05, 4.69) is 5.10 Å². The van der Waals surface area contributed by atoms with Crippen molar-refractivity contribution in [3.05, 3.63) is 41.6 Å². The van der Waals surface area contributed by atoms with Crippen molar-refractivity contribution >= 4 is 16.1 Å². The van der Waals surface area contributed by atoms with E-state index in [0.29, 0.717) is 11.3 Å². The number of benzene rings is 1. The summed E-state index contributed by atoms with van der Waals surface area (Å²) < 4.78 is 23.8. The first-order chi connectivity index (χ1) is 9.39. The maximum Gasteiger partial charge on any atom is 0.153 e. The molecule has 1 aromatic heterocycles. The minimum absolute atomic E-state index is 0.000312. The lowest BCUT2D eigenvalue weighted by Gasteiger charge is -2.00. The highest BCUT2D eigenvalue weighted by Gasteiger charge is 2.11. The van der Waals surface area contributed by atoms with E-state index < -0.39 is 9.84 Å². The zero-order valence-electron chi connectivity index (χ0n) is 11.4. The minimum atomic E-state index is -3.05. The molecule has 2 rings (SSSR count). The third-order valence-electron chi connectivity index (χ3n) is 2.93. The lowest BCUT2D eigenvalue weighted by Crippen LogP contribution is -2.11. The monoisotopic (exact) mass is 292 g/mol. The molecule has 6 heteroatoms. The summed E-state index contributed by atoms with van der Waals surface area (Å²) in [5.74, 6) is 0.000312. The fraction of sp³-hybridized carbons (Fsp3) is 0.286. The van der Waals surface area contributed by atoms with E-state index >= 15 is 0 Å². The number of rotatable bonds is 5. The summed E-state index contributed by atoms with van der Waals surface area (Å²) in [6.07, 6.45) is 3.49. The van der Waals surface area contributed by atoms with Crippen LogP contribution in [-0.4, -0.2) is 36.5 Å². The molecule has 0 spiro atoms. The van der Waals surface area contributed by atoms with Crippen LogP contribution in [0, 0.1) is 6.92 Å². The molecule has 5 nitrogen and oxygen atoms in total. The second-order valence-corrected chi connectivity index (χ2v) is 7.07. The van der Waals surface area contributed by atoms with E-state index in [4.69, 9.17) is 0 Å². The molecule has 0 radical (unpaired) electrons. The highest BCUT2D eigenvalue weighted by molar-refractivity contribution is 7.90. The highest BCUT2D eigenvalue weighted by atomic mass is 32.2. The van der Waals surface area contributed by atoms with Crippen LogP contribution < -0.4 is 0 Å². The van der Waals surface area contributed by atoms with Crippen LogP contribution in [0.2, 0.25) is 0 Å². The minimum Gasteiger partial charge on any atom is -0.298 e. The van der Waals surface area contributed by atoms with Gasteiger partial charge in [-0.2, -0.15) is 5.10 Å². The SMILES string of the molecule is Cc1ccc(-c2nn(CCS(C)(=O)=O)cc2C=O)cc1. The maximum atomic E-state index is 11.2. The second-order valence-electron chi connectivity index (χ2n) is 4.81. The molecule has 0 unspecified atom stereocenters. The van der Waals surface area contributed by atoms with Crippen LogP contribution in [0.25, 0.3) is 11.3 Å². The summed E-state index contributed by atoms with van der Waals surface area (Å²) in [5, 5.41) is 4.30. The molecule has 0 aliphatic heterocycles. The second kappa shape index (κ2) is 5.58. The number of carbonyl (C=O) groups excluding carboxylic acids is 1. The first-order valence-corrected chi connectivity index (χ1v) is 8.22. The number of sulfone groups is 1. The number of hydrogen-bond donors (Lipinski definition) is 0. The van der Waals surface area contributed by atoms with Crippen LogP contribution in [0.4, 0.5) is 0 Å². The summed E-state index contributed by atoms with van der Waals surface area (Å²) in [4.78, 5) is 11.1. The van der Waals surface area contributed by atoms with Gasteiger partial charge in [0.2, 0.25) is 0 Å². The molecule has 2 aromatic rings. The van der Waals surface area contributed by atoms with Crippen LogP contribution in [0.1, 0.15) is 15.9 Å². The van der Waals surface area contributed by atoms with E-state index in [9.17, 15) is 13.2 Å². The van der Waals surface area contributed by atoms with Gasteiger partial charge in [-0.1, -0.05) is 29.8 Å². The summed E-state index contributed by atoms with van der Waals surface area (Å²) in [6, 6.07) is 7.68. The Morgan fingerprint density at radius 1 is 1.25 bits per heavy atom. The van der Waals surface area contributed by atoms with Gasteiger partial charge in [-0.15, -0.1) is 0 Å². The molecular weight excluding hydrogens is 276 g/mol. The van der Waals surface area contributed by atoms with E-state index in [0.717, 1.165) is 17.4 Å². The van der Waals surface area contributed by atoms with Gasteiger partial charge in [-0.05, 0) is 6.92 Å². The lowest BCUT2D eigenvalue weighted by molar-refractivity contribution is 0.112. The fourth-order valence-electron chi connectivity index (χ4n) is 1.83. The Bertz CT molecular complexity index is 715. The predicted molar refractivity (Wildman–Crippen MR) is 77.5 cm³/mol. The van der Waals surface area contributed by atoms with Crippen molar-refractivity contribution in [1.82, 2.24) is 9.78 Å². The first kappa shape index (κ1) is 14.5. The van der Waals surface area contributed by atoms with Gasteiger partial charge >= 0.3 is 0 Å². The lowest BCUT2D eigenvalue weighted by atomic mass is 10.1. The van der Waals surface area contributed by atoms with Gasteiger partial charge in [0.15, 0.2) is 6.29 Å². The van der Waals surface area contributed by atoms with Crippen molar-refractivity contribution < 1.29 is 13.2 Å². The topological polar surface area (TPSA) is 69.0 Å². The Hall–Kier alpha value is -1.95. The normalized spacial score (nSPS) is 11.5. The van der Waals surface area contributed by atoms with Crippen molar-refractivity contribution in [3.8, 4) is 11.3 Å². The van der Waals surface area contributed by atoms with E-state index in [1.54, 1.807) is 6.20 Å².